The molecule has 1 saturated heterocycles. The SMILES string of the molecule is CCc1nc2c(C)cc(-c3ccc(C(=O)N4CC(O)C4)cc3)cn2c1OC(N)=O. The van der Waals surface area contributed by atoms with Gasteiger partial charge in [-0.2, -0.15) is 0 Å². The molecule has 0 saturated carbocycles. The van der Waals surface area contributed by atoms with Crippen molar-refractivity contribution >= 4 is 17.6 Å². The summed E-state index contributed by atoms with van der Waals surface area (Å²) in [5, 5.41) is 9.38. The number of amides is 2. The molecule has 0 unspecified atom stereocenters. The first-order valence-corrected chi connectivity index (χ1v) is 9.44. The van der Waals surface area contributed by atoms with Gasteiger partial charge in [-0.25, -0.2) is 9.78 Å². The Morgan fingerprint density at radius 2 is 1.93 bits per heavy atom. The molecule has 0 atom stereocenters. The van der Waals surface area contributed by atoms with E-state index in [1.807, 2.05) is 38.2 Å². The van der Waals surface area contributed by atoms with Crippen LogP contribution in [0.25, 0.3) is 16.8 Å². The number of primary amides is 1. The molecule has 0 aliphatic carbocycles. The molecule has 1 aromatic carbocycles. The van der Waals surface area contributed by atoms with Crippen LogP contribution in [0.5, 0.6) is 5.88 Å². The predicted molar refractivity (Wildman–Crippen MR) is 107 cm³/mol. The summed E-state index contributed by atoms with van der Waals surface area (Å²) in [5.41, 5.74) is 9.88. The number of aromatic nitrogens is 2. The molecule has 150 valence electrons. The topological polar surface area (TPSA) is 110 Å². The Hall–Kier alpha value is -3.39. The molecule has 8 nitrogen and oxygen atoms in total. The number of nitrogens with two attached hydrogens (primary N) is 1. The summed E-state index contributed by atoms with van der Waals surface area (Å²) in [6.07, 6.45) is 1.13. The van der Waals surface area contributed by atoms with Gasteiger partial charge < -0.3 is 20.5 Å². The van der Waals surface area contributed by atoms with Gasteiger partial charge in [0.2, 0.25) is 5.88 Å². The lowest BCUT2D eigenvalue weighted by Crippen LogP contribution is -2.53. The maximum atomic E-state index is 12.4. The highest BCUT2D eigenvalue weighted by Gasteiger charge is 2.29. The van der Waals surface area contributed by atoms with Gasteiger partial charge in [-0.05, 0) is 48.2 Å². The first-order valence-electron chi connectivity index (χ1n) is 9.44. The molecule has 1 aliphatic rings. The van der Waals surface area contributed by atoms with E-state index in [0.717, 1.165) is 16.7 Å². The third-order valence-corrected chi connectivity index (χ3v) is 5.07. The maximum Gasteiger partial charge on any atom is 0.411 e. The summed E-state index contributed by atoms with van der Waals surface area (Å²) < 4.78 is 6.94. The van der Waals surface area contributed by atoms with Crippen LogP contribution in [-0.2, 0) is 6.42 Å². The second-order valence-corrected chi connectivity index (χ2v) is 7.19. The lowest BCUT2D eigenvalue weighted by atomic mass is 10.0. The van der Waals surface area contributed by atoms with Crippen LogP contribution in [0, 0.1) is 6.92 Å². The minimum absolute atomic E-state index is 0.0900. The van der Waals surface area contributed by atoms with Gasteiger partial charge >= 0.3 is 6.09 Å². The Bertz CT molecular complexity index is 1100. The van der Waals surface area contributed by atoms with Crippen LogP contribution in [0.3, 0.4) is 0 Å². The zero-order valence-electron chi connectivity index (χ0n) is 16.3. The maximum absolute atomic E-state index is 12.4. The molecule has 0 radical (unpaired) electrons. The van der Waals surface area contributed by atoms with Crippen LogP contribution in [0.2, 0.25) is 0 Å². The van der Waals surface area contributed by atoms with E-state index in [1.165, 1.54) is 0 Å². The van der Waals surface area contributed by atoms with Crippen molar-refractivity contribution in [3.63, 3.8) is 0 Å². The number of pyridine rings is 1. The highest BCUT2D eigenvalue weighted by molar-refractivity contribution is 5.95. The summed E-state index contributed by atoms with van der Waals surface area (Å²) in [4.78, 5) is 29.9. The first-order chi connectivity index (χ1) is 13.9. The van der Waals surface area contributed by atoms with E-state index in [-0.39, 0.29) is 5.91 Å². The molecule has 3 aromatic rings. The molecule has 1 fully saturated rings. The number of β-amino-alcohol motifs (C(OH)–C–C–N with tert-alkyl or cyclic N) is 1. The summed E-state index contributed by atoms with van der Waals surface area (Å²) in [6, 6.07) is 9.29. The molecule has 1 aliphatic heterocycles. The van der Waals surface area contributed by atoms with E-state index in [2.05, 4.69) is 4.98 Å². The lowest BCUT2D eigenvalue weighted by molar-refractivity contribution is 0.00590. The number of fused-ring (bicyclic) bond motifs is 1. The fourth-order valence-corrected chi connectivity index (χ4v) is 3.54. The smallest absolute Gasteiger partial charge is 0.391 e. The summed E-state index contributed by atoms with van der Waals surface area (Å²) in [5.74, 6) is 0.232. The van der Waals surface area contributed by atoms with Gasteiger partial charge in [0.05, 0.1) is 6.10 Å². The van der Waals surface area contributed by atoms with Crippen LogP contribution in [0.4, 0.5) is 4.79 Å². The van der Waals surface area contributed by atoms with Crippen LogP contribution >= 0.6 is 0 Å². The molecular formula is C21H22N4O4. The zero-order valence-corrected chi connectivity index (χ0v) is 16.3. The average Bonchev–Trinajstić information content (AvgIpc) is 3.03. The van der Waals surface area contributed by atoms with Crippen molar-refractivity contribution in [1.82, 2.24) is 14.3 Å². The zero-order chi connectivity index (χ0) is 20.7. The summed E-state index contributed by atoms with van der Waals surface area (Å²) in [7, 11) is 0. The molecule has 29 heavy (non-hydrogen) atoms. The first kappa shape index (κ1) is 18.9. The largest absolute Gasteiger partial charge is 0.411 e. The number of rotatable bonds is 4. The van der Waals surface area contributed by atoms with E-state index in [1.54, 1.807) is 21.4 Å². The molecule has 2 amide bonds. The normalized spacial score (nSPS) is 14.1. The molecular weight excluding hydrogens is 372 g/mol. The number of aryl methyl sites for hydroxylation is 2. The number of imidazole rings is 1. The predicted octanol–water partition coefficient (Wildman–Crippen LogP) is 2.15. The number of aliphatic hydroxyl groups is 1. The van der Waals surface area contributed by atoms with Crippen molar-refractivity contribution < 1.29 is 19.4 Å². The molecule has 0 spiro atoms. The molecule has 3 N–H and O–H groups in total. The van der Waals surface area contributed by atoms with E-state index >= 15 is 0 Å². The summed E-state index contributed by atoms with van der Waals surface area (Å²) >= 11 is 0. The van der Waals surface area contributed by atoms with Crippen molar-refractivity contribution in [1.29, 1.82) is 0 Å². The number of hydrogen-bond acceptors (Lipinski definition) is 5. The van der Waals surface area contributed by atoms with Gasteiger partial charge in [-0.1, -0.05) is 19.1 Å². The Labute approximate surface area is 167 Å². The average molecular weight is 394 g/mol. The van der Waals surface area contributed by atoms with E-state index in [9.17, 15) is 14.7 Å². The standard InChI is InChI=1S/C21H22N4O4/c1-3-17-20(29-21(22)28)25-9-15(8-12(2)18(25)23-17)13-4-6-14(7-5-13)19(27)24-10-16(26)11-24/h4-9,16,26H,3,10-11H2,1-2H3,(H2,22,28). The van der Waals surface area contributed by atoms with E-state index in [4.69, 9.17) is 10.5 Å². The van der Waals surface area contributed by atoms with Crippen LogP contribution in [-0.4, -0.2) is 50.6 Å². The van der Waals surface area contributed by atoms with Crippen molar-refractivity contribution in [2.45, 2.75) is 26.4 Å². The van der Waals surface area contributed by atoms with Gasteiger partial charge in [0.25, 0.3) is 5.91 Å². The second-order valence-electron chi connectivity index (χ2n) is 7.19. The quantitative estimate of drug-likeness (QED) is 0.704. The number of likely N-dealkylation sites (tertiary alicyclic amines) is 1. The Morgan fingerprint density at radius 3 is 2.52 bits per heavy atom. The lowest BCUT2D eigenvalue weighted by Gasteiger charge is -2.35. The molecule has 0 bridgehead atoms. The second kappa shape index (κ2) is 7.21. The molecule has 2 aromatic heterocycles. The highest BCUT2D eigenvalue weighted by Crippen LogP contribution is 2.29. The van der Waals surface area contributed by atoms with Gasteiger partial charge in [-0.15, -0.1) is 0 Å². The number of carbonyl (C=O) groups is 2. The fraction of sp³-hybridized carbons (Fsp3) is 0.286. The van der Waals surface area contributed by atoms with Crippen LogP contribution < -0.4 is 10.5 Å². The highest BCUT2D eigenvalue weighted by atomic mass is 16.6. The van der Waals surface area contributed by atoms with E-state index in [0.29, 0.717) is 42.3 Å². The van der Waals surface area contributed by atoms with Gasteiger partial charge in [0, 0.05) is 24.8 Å². The number of nitrogens with zero attached hydrogens (tertiary/aromatic N) is 3. The van der Waals surface area contributed by atoms with Crippen LogP contribution in [0.15, 0.2) is 36.5 Å². The minimum Gasteiger partial charge on any atom is -0.391 e. The van der Waals surface area contributed by atoms with E-state index < -0.39 is 12.2 Å². The minimum atomic E-state index is -0.886. The third kappa shape index (κ3) is 3.42. The fourth-order valence-electron chi connectivity index (χ4n) is 3.54. The number of carbonyl (C=O) groups excluding carboxylic acids is 2. The Balaban J connectivity index is 1.70. The van der Waals surface area contributed by atoms with Gasteiger partial charge in [0.1, 0.15) is 11.3 Å². The third-order valence-electron chi connectivity index (χ3n) is 5.07. The summed E-state index contributed by atoms with van der Waals surface area (Å²) in [6.45, 7) is 4.62. The Kier molecular flexibility index (Phi) is 4.71. The van der Waals surface area contributed by atoms with Crippen LogP contribution in [0.1, 0.15) is 28.5 Å². The number of aliphatic hydroxyl groups excluding tert-OH is 1. The van der Waals surface area contributed by atoms with Crippen molar-refractivity contribution in [3.8, 4) is 17.0 Å². The monoisotopic (exact) mass is 394 g/mol. The van der Waals surface area contributed by atoms with Crippen molar-refractivity contribution in [3.05, 3.63) is 53.3 Å². The van der Waals surface area contributed by atoms with Gasteiger partial charge in [-0.3, -0.25) is 9.20 Å². The molecule has 8 heteroatoms. The van der Waals surface area contributed by atoms with Crippen molar-refractivity contribution in [2.24, 2.45) is 5.73 Å². The number of benzene rings is 1. The number of hydrogen-bond donors (Lipinski definition) is 2. The molecule has 3 heterocycles. The van der Waals surface area contributed by atoms with Crippen molar-refractivity contribution in [2.75, 3.05) is 13.1 Å². The molecule has 4 rings (SSSR count). The number of ether oxygens (including phenoxy) is 1. The Morgan fingerprint density at radius 1 is 1.24 bits per heavy atom. The van der Waals surface area contributed by atoms with Gasteiger partial charge in [0.15, 0.2) is 0 Å².